The molecule has 0 unspecified atom stereocenters. The smallest absolute Gasteiger partial charge is 0.326 e. The molecule has 90 valence electrons. The number of carboxylic acids is 1. The third-order valence-electron chi connectivity index (χ3n) is 2.06. The number of nitrogens with two attached hydrogens (primary N) is 1. The first-order chi connectivity index (χ1) is 7.31. The third kappa shape index (κ3) is 3.70. The van der Waals surface area contributed by atoms with Gasteiger partial charge in [-0.05, 0) is 11.4 Å². The van der Waals surface area contributed by atoms with E-state index >= 15 is 0 Å². The van der Waals surface area contributed by atoms with Crippen LogP contribution in [0.25, 0.3) is 0 Å². The highest BCUT2D eigenvalue weighted by atomic mass is 32.1. The molecule has 1 aromatic rings. The van der Waals surface area contributed by atoms with Gasteiger partial charge < -0.3 is 20.6 Å². The Kier molecular flexibility index (Phi) is 4.23. The zero-order valence-corrected chi connectivity index (χ0v) is 9.90. The van der Waals surface area contributed by atoms with Crippen molar-refractivity contribution < 1.29 is 24.3 Å². The van der Waals surface area contributed by atoms with Crippen LogP contribution >= 0.6 is 18.9 Å². The second-order valence-electron chi connectivity index (χ2n) is 3.33. The first-order valence-electron chi connectivity index (χ1n) is 4.37. The fourth-order valence-electron chi connectivity index (χ4n) is 1.31. The quantitative estimate of drug-likeness (QED) is 0.572. The minimum absolute atomic E-state index is 0.555. The molecule has 0 aliphatic rings. The Hall–Kier alpha value is -0.720. The highest BCUT2D eigenvalue weighted by molar-refractivity contribution is 7.51. The van der Waals surface area contributed by atoms with Crippen molar-refractivity contribution >= 4 is 24.9 Å². The highest BCUT2D eigenvalue weighted by Gasteiger charge is 2.32. The normalized spacial score (nSPS) is 15.7. The average molecular weight is 265 g/mol. The summed E-state index contributed by atoms with van der Waals surface area (Å²) >= 11 is 1.23. The van der Waals surface area contributed by atoms with E-state index in [0.717, 1.165) is 0 Å². The van der Waals surface area contributed by atoms with E-state index < -0.39 is 31.7 Å². The van der Waals surface area contributed by atoms with Gasteiger partial charge in [-0.2, -0.15) is 0 Å². The summed E-state index contributed by atoms with van der Waals surface area (Å²) in [7, 11) is -4.29. The molecule has 1 rings (SSSR count). The van der Waals surface area contributed by atoms with Crippen LogP contribution in [-0.4, -0.2) is 33.1 Å². The maximum atomic E-state index is 10.9. The maximum absolute atomic E-state index is 10.9. The molecule has 0 fully saturated rings. The van der Waals surface area contributed by atoms with Crippen molar-refractivity contribution in [3.63, 3.8) is 0 Å². The van der Waals surface area contributed by atoms with E-state index in [1.54, 1.807) is 17.5 Å². The van der Waals surface area contributed by atoms with Crippen molar-refractivity contribution in [2.24, 2.45) is 5.73 Å². The van der Waals surface area contributed by atoms with Gasteiger partial charge in [0.1, 0.15) is 6.04 Å². The largest absolute Gasteiger partial charge is 0.480 e. The molecule has 1 heterocycles. The van der Waals surface area contributed by atoms with Crippen LogP contribution < -0.4 is 5.73 Å². The second kappa shape index (κ2) is 5.07. The molecular formula is C8H12NO5PS. The molecule has 0 aromatic carbocycles. The molecule has 0 radical (unpaired) electrons. The summed E-state index contributed by atoms with van der Waals surface area (Å²) in [5, 5.41) is 10.5. The number of rotatable bonds is 5. The Bertz CT molecular complexity index is 401. The van der Waals surface area contributed by atoms with Crippen LogP contribution in [0, 0.1) is 0 Å². The summed E-state index contributed by atoms with van der Waals surface area (Å²) in [6.07, 6.45) is -0.555. The predicted octanol–water partition coefficient (Wildman–Crippen LogP) is 0.421. The summed E-state index contributed by atoms with van der Waals surface area (Å²) in [6, 6.07) is 1.99. The summed E-state index contributed by atoms with van der Waals surface area (Å²) in [5.74, 6) is -2.13. The minimum Gasteiger partial charge on any atom is -0.480 e. The molecule has 0 bridgehead atoms. The highest BCUT2D eigenvalue weighted by Crippen LogP contribution is 2.42. The van der Waals surface area contributed by atoms with Crippen LogP contribution in [0.3, 0.4) is 0 Å². The lowest BCUT2D eigenvalue weighted by Crippen LogP contribution is -2.37. The molecule has 6 nitrogen and oxygen atoms in total. The Balaban J connectivity index is 2.95. The molecular weight excluding hydrogens is 253 g/mol. The minimum atomic E-state index is -4.29. The molecule has 16 heavy (non-hydrogen) atoms. The standard InChI is InChI=1S/C8H12NO5PS/c9-7(8(10)11)5(4-15(12,13)14)6-2-1-3-16-6/h1-3,5,7H,4,9H2,(H,10,11)(H2,12,13,14)/t5-,7-/m1/s1. The van der Waals surface area contributed by atoms with Crippen LogP contribution in [0.2, 0.25) is 0 Å². The molecule has 0 aliphatic carbocycles. The number of aliphatic carboxylic acids is 1. The van der Waals surface area contributed by atoms with Crippen LogP contribution in [0.5, 0.6) is 0 Å². The molecule has 5 N–H and O–H groups in total. The zero-order chi connectivity index (χ0) is 12.3. The monoisotopic (exact) mass is 265 g/mol. The lowest BCUT2D eigenvalue weighted by molar-refractivity contribution is -0.138. The van der Waals surface area contributed by atoms with Crippen LogP contribution in [0.4, 0.5) is 0 Å². The summed E-state index contributed by atoms with van der Waals surface area (Å²) in [5.41, 5.74) is 5.42. The van der Waals surface area contributed by atoms with Gasteiger partial charge in [-0.15, -0.1) is 11.3 Å². The fourth-order valence-corrected chi connectivity index (χ4v) is 3.25. The van der Waals surface area contributed by atoms with E-state index in [-0.39, 0.29) is 0 Å². The predicted molar refractivity (Wildman–Crippen MR) is 59.6 cm³/mol. The van der Waals surface area contributed by atoms with E-state index in [4.69, 9.17) is 20.6 Å². The van der Waals surface area contributed by atoms with E-state index in [1.807, 2.05) is 0 Å². The first-order valence-corrected chi connectivity index (χ1v) is 7.05. The molecule has 8 heteroatoms. The number of hydrogen-bond acceptors (Lipinski definition) is 4. The van der Waals surface area contributed by atoms with Gasteiger partial charge >= 0.3 is 13.6 Å². The van der Waals surface area contributed by atoms with Crippen molar-refractivity contribution in [2.75, 3.05) is 6.16 Å². The fraction of sp³-hybridized carbons (Fsp3) is 0.375. The lowest BCUT2D eigenvalue weighted by atomic mass is 10.0. The van der Waals surface area contributed by atoms with E-state index in [1.165, 1.54) is 11.3 Å². The van der Waals surface area contributed by atoms with Gasteiger partial charge in [-0.3, -0.25) is 9.36 Å². The SMILES string of the molecule is N[C@@H](C(=O)O)[C@H](CP(=O)(O)O)c1cccs1. The van der Waals surface area contributed by atoms with Gasteiger partial charge in [0.2, 0.25) is 0 Å². The summed E-state index contributed by atoms with van der Waals surface area (Å²) < 4.78 is 10.9. The van der Waals surface area contributed by atoms with Gasteiger partial charge in [0.05, 0.1) is 6.16 Å². The van der Waals surface area contributed by atoms with E-state index in [0.29, 0.717) is 4.88 Å². The number of carboxylic acid groups (broad SMARTS) is 1. The van der Waals surface area contributed by atoms with Crippen molar-refractivity contribution in [2.45, 2.75) is 12.0 Å². The van der Waals surface area contributed by atoms with E-state index in [9.17, 15) is 9.36 Å². The van der Waals surface area contributed by atoms with Crippen LogP contribution in [-0.2, 0) is 9.36 Å². The van der Waals surface area contributed by atoms with Crippen LogP contribution in [0.1, 0.15) is 10.8 Å². The number of carbonyl (C=O) groups is 1. The average Bonchev–Trinajstić information content (AvgIpc) is 2.64. The molecule has 1 aromatic heterocycles. The molecule has 0 saturated heterocycles. The maximum Gasteiger partial charge on any atom is 0.326 e. The molecule has 0 spiro atoms. The van der Waals surface area contributed by atoms with Crippen molar-refractivity contribution in [1.82, 2.24) is 0 Å². The third-order valence-corrected chi connectivity index (χ3v) is 3.94. The van der Waals surface area contributed by atoms with Gasteiger partial charge in [0.15, 0.2) is 0 Å². The Morgan fingerprint density at radius 2 is 2.19 bits per heavy atom. The van der Waals surface area contributed by atoms with Crippen molar-refractivity contribution in [1.29, 1.82) is 0 Å². The van der Waals surface area contributed by atoms with Gasteiger partial charge in [-0.25, -0.2) is 0 Å². The number of thiophene rings is 1. The Morgan fingerprint density at radius 3 is 2.56 bits per heavy atom. The molecule has 0 saturated carbocycles. The topological polar surface area (TPSA) is 121 Å². The number of hydrogen-bond donors (Lipinski definition) is 4. The van der Waals surface area contributed by atoms with Gasteiger partial charge in [0, 0.05) is 10.8 Å². The molecule has 0 aliphatic heterocycles. The summed E-state index contributed by atoms with van der Waals surface area (Å²) in [6.45, 7) is 0. The van der Waals surface area contributed by atoms with Crippen LogP contribution in [0.15, 0.2) is 17.5 Å². The summed E-state index contributed by atoms with van der Waals surface area (Å²) in [4.78, 5) is 29.1. The van der Waals surface area contributed by atoms with Gasteiger partial charge in [-0.1, -0.05) is 6.07 Å². The van der Waals surface area contributed by atoms with E-state index in [2.05, 4.69) is 0 Å². The molecule has 2 atom stereocenters. The van der Waals surface area contributed by atoms with Crippen molar-refractivity contribution in [3.05, 3.63) is 22.4 Å². The Labute approximate surface area is 95.9 Å². The first kappa shape index (κ1) is 13.3. The van der Waals surface area contributed by atoms with Gasteiger partial charge in [0.25, 0.3) is 0 Å². The zero-order valence-electron chi connectivity index (χ0n) is 8.18. The molecule has 0 amide bonds. The Morgan fingerprint density at radius 1 is 1.56 bits per heavy atom. The van der Waals surface area contributed by atoms with Crippen molar-refractivity contribution in [3.8, 4) is 0 Å². The lowest BCUT2D eigenvalue weighted by Gasteiger charge is -2.19. The second-order valence-corrected chi connectivity index (χ2v) is 6.01.